The molecule has 0 amide bonds. The molecule has 0 aliphatic rings. The smallest absolute Gasteiger partial charge is 0.230 e. The third kappa shape index (κ3) is 2.11. The highest BCUT2D eigenvalue weighted by molar-refractivity contribution is 6.07. The maximum atomic E-state index is 12.3. The Hall–Kier alpha value is -2.17. The van der Waals surface area contributed by atoms with Gasteiger partial charge in [-0.1, -0.05) is 12.1 Å². The summed E-state index contributed by atoms with van der Waals surface area (Å²) < 4.78 is 1.61. The van der Waals surface area contributed by atoms with Crippen molar-refractivity contribution >= 4 is 11.5 Å². The van der Waals surface area contributed by atoms with Crippen molar-refractivity contribution in [3.63, 3.8) is 0 Å². The number of aryl methyl sites for hydroxylation is 1. The predicted molar refractivity (Wildman–Crippen MR) is 69.4 cm³/mol. The van der Waals surface area contributed by atoms with Crippen molar-refractivity contribution in [1.29, 1.82) is 0 Å². The fourth-order valence-corrected chi connectivity index (χ4v) is 1.70. The third-order valence-corrected chi connectivity index (χ3v) is 2.81. The van der Waals surface area contributed by atoms with Gasteiger partial charge in [0.15, 0.2) is 5.82 Å². The molecule has 0 aliphatic carbocycles. The Kier molecular flexibility index (Phi) is 3.14. The van der Waals surface area contributed by atoms with Crippen molar-refractivity contribution in [2.24, 2.45) is 0 Å². The highest BCUT2D eigenvalue weighted by atomic mass is 16.1. The molecule has 2 aromatic rings. The fourth-order valence-electron chi connectivity index (χ4n) is 1.70. The lowest BCUT2D eigenvalue weighted by molar-refractivity contribution is 0.102. The summed E-state index contributed by atoms with van der Waals surface area (Å²) in [5.74, 6) is 0.182. The van der Waals surface area contributed by atoms with E-state index < -0.39 is 0 Å². The predicted octanol–water partition coefficient (Wildman–Crippen LogP) is 1.98. The number of nitrogens with zero attached hydrogens (tertiary/aromatic N) is 3. The summed E-state index contributed by atoms with van der Waals surface area (Å²) in [6.45, 7) is 5.81. The van der Waals surface area contributed by atoms with Gasteiger partial charge in [0.25, 0.3) is 0 Å². The van der Waals surface area contributed by atoms with E-state index in [4.69, 9.17) is 5.73 Å². The van der Waals surface area contributed by atoms with Crippen LogP contribution in [0.15, 0.2) is 24.5 Å². The number of aromatic nitrogens is 3. The van der Waals surface area contributed by atoms with Crippen LogP contribution in [0.1, 0.15) is 41.6 Å². The van der Waals surface area contributed by atoms with Gasteiger partial charge in [-0.05, 0) is 32.4 Å². The summed E-state index contributed by atoms with van der Waals surface area (Å²) in [5.41, 5.74) is 7.91. The van der Waals surface area contributed by atoms with Gasteiger partial charge in [-0.15, -0.1) is 0 Å². The summed E-state index contributed by atoms with van der Waals surface area (Å²) in [6.07, 6.45) is 1.39. The lowest BCUT2D eigenvalue weighted by atomic mass is 10.1. The van der Waals surface area contributed by atoms with Crippen molar-refractivity contribution in [3.8, 4) is 0 Å². The molecule has 2 rings (SSSR count). The van der Waals surface area contributed by atoms with E-state index in [9.17, 15) is 4.79 Å². The Balaban J connectivity index is 2.42. The zero-order valence-corrected chi connectivity index (χ0v) is 10.7. The second kappa shape index (κ2) is 4.60. The first-order valence-electron chi connectivity index (χ1n) is 5.81. The number of rotatable bonds is 3. The minimum absolute atomic E-state index is 0.0919. The Labute approximate surface area is 106 Å². The molecular formula is C13H16N4O. The molecular weight excluding hydrogens is 228 g/mol. The number of carbonyl (C=O) groups is 1. The average molecular weight is 244 g/mol. The average Bonchev–Trinajstić information content (AvgIpc) is 2.81. The molecule has 0 saturated heterocycles. The van der Waals surface area contributed by atoms with Gasteiger partial charge in [-0.3, -0.25) is 4.79 Å². The standard InChI is InChI=1S/C13H16N4O/c1-8(2)17-13(15-7-16-17)12(18)10-5-4-9(3)11(14)6-10/h4-8H,14H2,1-3H3. The van der Waals surface area contributed by atoms with Crippen LogP contribution in [0.2, 0.25) is 0 Å². The number of nitrogens with two attached hydrogens (primary N) is 1. The fraction of sp³-hybridized carbons (Fsp3) is 0.308. The van der Waals surface area contributed by atoms with E-state index in [0.29, 0.717) is 17.1 Å². The molecule has 1 aromatic carbocycles. The van der Waals surface area contributed by atoms with Gasteiger partial charge in [-0.25, -0.2) is 9.67 Å². The van der Waals surface area contributed by atoms with Gasteiger partial charge < -0.3 is 5.73 Å². The van der Waals surface area contributed by atoms with Crippen molar-refractivity contribution < 1.29 is 4.79 Å². The molecule has 0 unspecified atom stereocenters. The Morgan fingerprint density at radius 1 is 1.39 bits per heavy atom. The summed E-state index contributed by atoms with van der Waals surface area (Å²) in [4.78, 5) is 16.3. The lowest BCUT2D eigenvalue weighted by Crippen LogP contribution is -2.14. The number of carbonyl (C=O) groups excluding carboxylic acids is 1. The second-order valence-electron chi connectivity index (χ2n) is 4.52. The van der Waals surface area contributed by atoms with Gasteiger partial charge in [0.2, 0.25) is 5.78 Å². The Morgan fingerprint density at radius 2 is 2.11 bits per heavy atom. The molecule has 5 nitrogen and oxygen atoms in total. The molecule has 0 bridgehead atoms. The van der Waals surface area contributed by atoms with Crippen LogP contribution < -0.4 is 5.73 Å². The quantitative estimate of drug-likeness (QED) is 0.661. The van der Waals surface area contributed by atoms with Crippen molar-refractivity contribution in [2.75, 3.05) is 5.73 Å². The highest BCUT2D eigenvalue weighted by Crippen LogP contribution is 2.16. The molecule has 94 valence electrons. The minimum Gasteiger partial charge on any atom is -0.398 e. The summed E-state index contributed by atoms with van der Waals surface area (Å²) >= 11 is 0. The molecule has 0 aliphatic heterocycles. The van der Waals surface area contributed by atoms with Gasteiger partial charge >= 0.3 is 0 Å². The summed E-state index contributed by atoms with van der Waals surface area (Å²) in [6, 6.07) is 5.36. The highest BCUT2D eigenvalue weighted by Gasteiger charge is 2.18. The topological polar surface area (TPSA) is 73.8 Å². The van der Waals surface area contributed by atoms with Crippen molar-refractivity contribution in [2.45, 2.75) is 26.8 Å². The Morgan fingerprint density at radius 3 is 2.72 bits per heavy atom. The number of hydrogen-bond acceptors (Lipinski definition) is 4. The van der Waals surface area contributed by atoms with Gasteiger partial charge in [0, 0.05) is 17.3 Å². The van der Waals surface area contributed by atoms with Crippen LogP contribution in [0.25, 0.3) is 0 Å². The van der Waals surface area contributed by atoms with Crippen LogP contribution in [-0.2, 0) is 0 Å². The van der Waals surface area contributed by atoms with E-state index in [2.05, 4.69) is 10.1 Å². The first-order valence-corrected chi connectivity index (χ1v) is 5.81. The maximum absolute atomic E-state index is 12.3. The zero-order chi connectivity index (χ0) is 13.3. The SMILES string of the molecule is Cc1ccc(C(=O)c2ncnn2C(C)C)cc1N. The van der Waals surface area contributed by atoms with E-state index >= 15 is 0 Å². The van der Waals surface area contributed by atoms with E-state index in [-0.39, 0.29) is 11.8 Å². The first kappa shape index (κ1) is 12.3. The number of hydrogen-bond donors (Lipinski definition) is 1. The maximum Gasteiger partial charge on any atom is 0.230 e. The molecule has 0 spiro atoms. The second-order valence-corrected chi connectivity index (χ2v) is 4.52. The molecule has 1 heterocycles. The van der Waals surface area contributed by atoms with E-state index in [1.807, 2.05) is 26.8 Å². The summed E-state index contributed by atoms with van der Waals surface area (Å²) in [7, 11) is 0. The van der Waals surface area contributed by atoms with Crippen LogP contribution >= 0.6 is 0 Å². The molecule has 0 radical (unpaired) electrons. The van der Waals surface area contributed by atoms with E-state index in [1.165, 1.54) is 6.33 Å². The molecule has 1 aromatic heterocycles. The van der Waals surface area contributed by atoms with Crippen LogP contribution in [0, 0.1) is 6.92 Å². The molecule has 0 atom stereocenters. The molecule has 5 heteroatoms. The summed E-state index contributed by atoms with van der Waals surface area (Å²) in [5, 5.41) is 4.06. The van der Waals surface area contributed by atoms with Crippen LogP contribution in [0.4, 0.5) is 5.69 Å². The van der Waals surface area contributed by atoms with Crippen molar-refractivity contribution in [1.82, 2.24) is 14.8 Å². The largest absolute Gasteiger partial charge is 0.398 e. The number of benzene rings is 1. The third-order valence-electron chi connectivity index (χ3n) is 2.81. The van der Waals surface area contributed by atoms with E-state index in [1.54, 1.807) is 16.8 Å². The van der Waals surface area contributed by atoms with Crippen LogP contribution in [0.3, 0.4) is 0 Å². The Bertz CT molecular complexity index is 586. The number of anilines is 1. The molecule has 18 heavy (non-hydrogen) atoms. The minimum atomic E-state index is -0.159. The van der Waals surface area contributed by atoms with Crippen LogP contribution in [-0.4, -0.2) is 20.5 Å². The normalized spacial score (nSPS) is 10.9. The van der Waals surface area contributed by atoms with E-state index in [0.717, 1.165) is 5.56 Å². The first-order chi connectivity index (χ1) is 8.50. The van der Waals surface area contributed by atoms with Crippen molar-refractivity contribution in [3.05, 3.63) is 41.5 Å². The van der Waals surface area contributed by atoms with Gasteiger partial charge in [-0.2, -0.15) is 5.10 Å². The van der Waals surface area contributed by atoms with Gasteiger partial charge in [0.05, 0.1) is 0 Å². The molecule has 0 fully saturated rings. The lowest BCUT2D eigenvalue weighted by Gasteiger charge is -2.09. The zero-order valence-electron chi connectivity index (χ0n) is 10.7. The number of ketones is 1. The molecule has 0 saturated carbocycles. The van der Waals surface area contributed by atoms with Gasteiger partial charge in [0.1, 0.15) is 6.33 Å². The number of nitrogen functional groups attached to an aromatic ring is 1. The monoisotopic (exact) mass is 244 g/mol. The van der Waals surface area contributed by atoms with Crippen LogP contribution in [0.5, 0.6) is 0 Å². The molecule has 2 N–H and O–H groups in total.